The third-order valence-corrected chi connectivity index (χ3v) is 4.14. The minimum atomic E-state index is -1.11. The minimum absolute atomic E-state index is 0.220. The van der Waals surface area contributed by atoms with Gasteiger partial charge < -0.3 is 5.11 Å². The zero-order chi connectivity index (χ0) is 15.4. The molecule has 0 aromatic heterocycles. The third-order valence-electron chi connectivity index (χ3n) is 2.54. The highest BCUT2D eigenvalue weighted by Crippen LogP contribution is 2.32. The van der Waals surface area contributed by atoms with Crippen molar-refractivity contribution in [3.8, 4) is 0 Å². The van der Waals surface area contributed by atoms with E-state index in [1.54, 1.807) is 6.08 Å². The maximum absolute atomic E-state index is 12.0. The van der Waals surface area contributed by atoms with Crippen molar-refractivity contribution in [2.75, 3.05) is 6.54 Å². The van der Waals surface area contributed by atoms with Gasteiger partial charge in [-0.2, -0.15) is 0 Å². The molecular weight excluding hydrogens is 330 g/mol. The number of halogens is 1. The maximum Gasteiger partial charge on any atom is 0.323 e. The fourth-order valence-electron chi connectivity index (χ4n) is 1.65. The van der Waals surface area contributed by atoms with E-state index in [0.29, 0.717) is 9.94 Å². The Kier molecular flexibility index (Phi) is 5.17. The van der Waals surface area contributed by atoms with Crippen LogP contribution in [0.25, 0.3) is 6.08 Å². The Morgan fingerprint density at radius 1 is 1.38 bits per heavy atom. The molecule has 21 heavy (non-hydrogen) atoms. The van der Waals surface area contributed by atoms with Gasteiger partial charge in [-0.3, -0.25) is 14.5 Å². The first-order valence-electron chi connectivity index (χ1n) is 5.87. The molecule has 0 atom stereocenters. The summed E-state index contributed by atoms with van der Waals surface area (Å²) in [5.41, 5.74) is 0.903. The number of nitrogens with zero attached hydrogens (tertiary/aromatic N) is 1. The molecule has 1 heterocycles. The van der Waals surface area contributed by atoms with Gasteiger partial charge >= 0.3 is 5.97 Å². The lowest BCUT2D eigenvalue weighted by Crippen LogP contribution is -2.33. The topological polar surface area (TPSA) is 57.6 Å². The van der Waals surface area contributed by atoms with Crippen molar-refractivity contribution >= 4 is 57.9 Å². The summed E-state index contributed by atoms with van der Waals surface area (Å²) in [6, 6.07) is 9.41. The Bertz CT molecular complexity index is 655. The molecule has 1 aliphatic rings. The number of thioether (sulfide) groups is 1. The number of carboxylic acids is 1. The van der Waals surface area contributed by atoms with Gasteiger partial charge in [0.25, 0.3) is 5.91 Å². The Balaban J connectivity index is 2.18. The number of rotatable bonds is 4. The van der Waals surface area contributed by atoms with Crippen molar-refractivity contribution < 1.29 is 14.7 Å². The SMILES string of the molecule is O=C(O)CN1C(=O)C(=CC(Cl)=Cc2ccccc2)SC1=S. The first-order chi connectivity index (χ1) is 9.97. The van der Waals surface area contributed by atoms with Gasteiger partial charge in [0, 0.05) is 5.03 Å². The minimum Gasteiger partial charge on any atom is -0.480 e. The lowest BCUT2D eigenvalue weighted by Gasteiger charge is -2.10. The molecule has 1 fully saturated rings. The second kappa shape index (κ2) is 6.89. The molecule has 0 unspecified atom stereocenters. The number of carbonyl (C=O) groups is 2. The predicted molar refractivity (Wildman–Crippen MR) is 87.9 cm³/mol. The number of allylic oxidation sites excluding steroid dienone is 2. The summed E-state index contributed by atoms with van der Waals surface area (Å²) in [5.74, 6) is -1.55. The van der Waals surface area contributed by atoms with E-state index in [0.717, 1.165) is 22.2 Å². The first kappa shape index (κ1) is 15.8. The van der Waals surface area contributed by atoms with Crippen LogP contribution in [-0.2, 0) is 9.59 Å². The van der Waals surface area contributed by atoms with Crippen LogP contribution in [-0.4, -0.2) is 32.7 Å². The van der Waals surface area contributed by atoms with Crippen LogP contribution >= 0.6 is 35.6 Å². The van der Waals surface area contributed by atoms with Gasteiger partial charge in [-0.1, -0.05) is 65.9 Å². The van der Waals surface area contributed by atoms with E-state index in [-0.39, 0.29) is 4.32 Å². The van der Waals surface area contributed by atoms with E-state index >= 15 is 0 Å². The van der Waals surface area contributed by atoms with Crippen LogP contribution in [0, 0.1) is 0 Å². The average Bonchev–Trinajstić information content (AvgIpc) is 2.67. The van der Waals surface area contributed by atoms with Crippen LogP contribution in [0.4, 0.5) is 0 Å². The van der Waals surface area contributed by atoms with E-state index in [9.17, 15) is 9.59 Å². The molecule has 108 valence electrons. The van der Waals surface area contributed by atoms with E-state index < -0.39 is 18.4 Å². The fourth-order valence-corrected chi connectivity index (χ4v) is 3.19. The highest BCUT2D eigenvalue weighted by Gasteiger charge is 2.33. The molecule has 1 aromatic carbocycles. The smallest absolute Gasteiger partial charge is 0.323 e. The zero-order valence-electron chi connectivity index (χ0n) is 10.7. The molecule has 4 nitrogen and oxygen atoms in total. The zero-order valence-corrected chi connectivity index (χ0v) is 13.0. The molecule has 0 aliphatic carbocycles. The number of hydrogen-bond acceptors (Lipinski definition) is 4. The summed E-state index contributed by atoms with van der Waals surface area (Å²) in [6.07, 6.45) is 3.21. The maximum atomic E-state index is 12.0. The molecule has 1 amide bonds. The van der Waals surface area contributed by atoms with Crippen LogP contribution in [0.15, 0.2) is 46.3 Å². The molecule has 0 radical (unpaired) electrons. The van der Waals surface area contributed by atoms with E-state index in [2.05, 4.69) is 0 Å². The number of benzene rings is 1. The summed E-state index contributed by atoms with van der Waals surface area (Å²) in [5, 5.41) is 9.12. The van der Waals surface area contributed by atoms with E-state index in [4.69, 9.17) is 28.9 Å². The van der Waals surface area contributed by atoms with Crippen molar-refractivity contribution in [3.05, 3.63) is 51.9 Å². The second-order valence-corrected chi connectivity index (χ2v) is 6.21. The van der Waals surface area contributed by atoms with Crippen molar-refractivity contribution in [3.63, 3.8) is 0 Å². The number of carbonyl (C=O) groups excluding carboxylic acids is 1. The Morgan fingerprint density at radius 2 is 2.05 bits per heavy atom. The van der Waals surface area contributed by atoms with Gasteiger partial charge in [-0.15, -0.1) is 0 Å². The standard InChI is InChI=1S/C14H10ClNO3S2/c15-10(6-9-4-2-1-3-5-9)7-11-13(19)16(8-12(17)18)14(20)21-11/h1-7H,8H2,(H,17,18). The highest BCUT2D eigenvalue weighted by molar-refractivity contribution is 8.26. The fraction of sp³-hybridized carbons (Fsp3) is 0.0714. The number of carboxylic acid groups (broad SMARTS) is 1. The molecule has 1 N–H and O–H groups in total. The Morgan fingerprint density at radius 3 is 2.67 bits per heavy atom. The third kappa shape index (κ3) is 4.17. The van der Waals surface area contributed by atoms with Crippen LogP contribution in [0.2, 0.25) is 0 Å². The summed E-state index contributed by atoms with van der Waals surface area (Å²) in [4.78, 5) is 24.1. The van der Waals surface area contributed by atoms with Crippen molar-refractivity contribution in [1.82, 2.24) is 4.90 Å². The van der Waals surface area contributed by atoms with Crippen molar-refractivity contribution in [2.24, 2.45) is 0 Å². The predicted octanol–water partition coefficient (Wildman–Crippen LogP) is 3.10. The summed E-state index contributed by atoms with van der Waals surface area (Å²) in [7, 11) is 0. The van der Waals surface area contributed by atoms with Gasteiger partial charge in [0.05, 0.1) is 4.91 Å². The van der Waals surface area contributed by atoms with Crippen molar-refractivity contribution in [1.29, 1.82) is 0 Å². The van der Waals surface area contributed by atoms with Crippen LogP contribution in [0.5, 0.6) is 0 Å². The number of hydrogen-bond donors (Lipinski definition) is 1. The molecule has 1 saturated heterocycles. The Hall–Kier alpha value is -1.63. The van der Waals surface area contributed by atoms with Gasteiger partial charge in [0.2, 0.25) is 0 Å². The normalized spacial score (nSPS) is 17.7. The molecule has 7 heteroatoms. The van der Waals surface area contributed by atoms with Crippen LogP contribution in [0.1, 0.15) is 5.56 Å². The highest BCUT2D eigenvalue weighted by atomic mass is 35.5. The van der Waals surface area contributed by atoms with Crippen LogP contribution < -0.4 is 0 Å². The first-order valence-corrected chi connectivity index (χ1v) is 7.47. The monoisotopic (exact) mass is 339 g/mol. The Labute approximate surface area is 136 Å². The lowest BCUT2D eigenvalue weighted by atomic mass is 10.2. The van der Waals surface area contributed by atoms with E-state index in [1.807, 2.05) is 30.3 Å². The number of aliphatic carboxylic acids is 1. The molecule has 1 aromatic rings. The molecule has 0 saturated carbocycles. The molecule has 2 rings (SSSR count). The second-order valence-electron chi connectivity index (χ2n) is 4.10. The molecular formula is C14H10ClNO3S2. The largest absolute Gasteiger partial charge is 0.480 e. The average molecular weight is 340 g/mol. The lowest BCUT2D eigenvalue weighted by molar-refractivity contribution is -0.140. The quantitative estimate of drug-likeness (QED) is 0.674. The van der Waals surface area contributed by atoms with Crippen LogP contribution in [0.3, 0.4) is 0 Å². The summed E-state index contributed by atoms with van der Waals surface area (Å²) in [6.45, 7) is -0.442. The van der Waals surface area contributed by atoms with Crippen molar-refractivity contribution in [2.45, 2.75) is 0 Å². The molecule has 0 bridgehead atoms. The van der Waals surface area contributed by atoms with Gasteiger partial charge in [-0.25, -0.2) is 0 Å². The van der Waals surface area contributed by atoms with E-state index in [1.165, 1.54) is 6.08 Å². The summed E-state index contributed by atoms with van der Waals surface area (Å²) >= 11 is 12.1. The van der Waals surface area contributed by atoms with Gasteiger partial charge in [-0.05, 0) is 17.7 Å². The number of amides is 1. The van der Waals surface area contributed by atoms with Gasteiger partial charge in [0.15, 0.2) is 0 Å². The molecule has 1 aliphatic heterocycles. The number of thiocarbonyl (C=S) groups is 1. The summed E-state index contributed by atoms with van der Waals surface area (Å²) < 4.78 is 0.220. The molecule has 0 spiro atoms. The van der Waals surface area contributed by atoms with Gasteiger partial charge in [0.1, 0.15) is 10.9 Å².